The van der Waals surface area contributed by atoms with Crippen molar-refractivity contribution in [2.75, 3.05) is 11.5 Å². The number of carbonyl (C=O) groups is 2. The SMILES string of the molecule is Cc1ccc(CN2C(=O)N[C@]3(CCSC3)C2=O)cc1. The lowest BCUT2D eigenvalue weighted by Gasteiger charge is -2.19. The van der Waals surface area contributed by atoms with Gasteiger partial charge in [0.2, 0.25) is 0 Å². The van der Waals surface area contributed by atoms with E-state index in [0.717, 1.165) is 17.7 Å². The average molecular weight is 276 g/mol. The van der Waals surface area contributed by atoms with Crippen molar-refractivity contribution in [1.29, 1.82) is 0 Å². The summed E-state index contributed by atoms with van der Waals surface area (Å²) in [5.74, 6) is 1.56. The Labute approximate surface area is 116 Å². The largest absolute Gasteiger partial charge is 0.325 e. The van der Waals surface area contributed by atoms with Crippen LogP contribution in [0, 0.1) is 6.92 Å². The number of hydrogen-bond donors (Lipinski definition) is 1. The lowest BCUT2D eigenvalue weighted by molar-refractivity contribution is -0.130. The summed E-state index contributed by atoms with van der Waals surface area (Å²) in [6.07, 6.45) is 0.743. The van der Waals surface area contributed by atoms with E-state index < -0.39 is 5.54 Å². The standard InChI is InChI=1S/C14H16N2O2S/c1-10-2-4-11(5-3-10)8-16-12(17)14(15-13(16)18)6-7-19-9-14/h2-5H,6-9H2,1H3,(H,15,18)/t14-/m0/s1. The molecule has 2 fully saturated rings. The lowest BCUT2D eigenvalue weighted by atomic mass is 9.99. The van der Waals surface area contributed by atoms with Gasteiger partial charge in [0.05, 0.1) is 6.54 Å². The van der Waals surface area contributed by atoms with Crippen LogP contribution < -0.4 is 5.32 Å². The summed E-state index contributed by atoms with van der Waals surface area (Å²) in [5, 5.41) is 2.88. The second kappa shape index (κ2) is 4.56. The van der Waals surface area contributed by atoms with Gasteiger partial charge < -0.3 is 5.32 Å². The predicted octanol–water partition coefficient (Wildman–Crippen LogP) is 1.92. The number of thioether (sulfide) groups is 1. The minimum absolute atomic E-state index is 0.0666. The predicted molar refractivity (Wildman–Crippen MR) is 74.9 cm³/mol. The maximum atomic E-state index is 12.4. The van der Waals surface area contributed by atoms with Crippen molar-refractivity contribution in [3.8, 4) is 0 Å². The Bertz CT molecular complexity index is 521. The molecule has 5 heteroatoms. The van der Waals surface area contributed by atoms with E-state index in [9.17, 15) is 9.59 Å². The van der Waals surface area contributed by atoms with Gasteiger partial charge in [0.15, 0.2) is 0 Å². The fourth-order valence-corrected chi connectivity index (χ4v) is 3.85. The first-order valence-corrected chi connectivity index (χ1v) is 7.54. The van der Waals surface area contributed by atoms with Crippen LogP contribution in [-0.4, -0.2) is 33.9 Å². The average Bonchev–Trinajstić information content (AvgIpc) is 2.94. The maximum Gasteiger partial charge on any atom is 0.325 e. The number of nitrogens with zero attached hydrogens (tertiary/aromatic N) is 1. The second-order valence-electron chi connectivity index (χ2n) is 5.19. The molecule has 0 aromatic heterocycles. The lowest BCUT2D eigenvalue weighted by Crippen LogP contribution is -2.46. The van der Waals surface area contributed by atoms with Gasteiger partial charge in [-0.15, -0.1) is 0 Å². The summed E-state index contributed by atoms with van der Waals surface area (Å²) in [7, 11) is 0. The number of benzene rings is 1. The zero-order valence-electron chi connectivity index (χ0n) is 10.8. The molecule has 0 unspecified atom stereocenters. The molecular weight excluding hydrogens is 260 g/mol. The first kappa shape index (κ1) is 12.5. The van der Waals surface area contributed by atoms with Crippen molar-refractivity contribution < 1.29 is 9.59 Å². The molecule has 2 heterocycles. The number of nitrogens with one attached hydrogen (secondary N) is 1. The first-order chi connectivity index (χ1) is 9.11. The molecule has 19 heavy (non-hydrogen) atoms. The summed E-state index contributed by atoms with van der Waals surface area (Å²) >= 11 is 1.72. The second-order valence-corrected chi connectivity index (χ2v) is 6.30. The van der Waals surface area contributed by atoms with Crippen LogP contribution in [0.3, 0.4) is 0 Å². The highest BCUT2D eigenvalue weighted by Crippen LogP contribution is 2.33. The van der Waals surface area contributed by atoms with Crippen molar-refractivity contribution in [2.45, 2.75) is 25.4 Å². The van der Waals surface area contributed by atoms with E-state index in [0.29, 0.717) is 12.3 Å². The fourth-order valence-electron chi connectivity index (χ4n) is 2.53. The van der Waals surface area contributed by atoms with Gasteiger partial charge in [0.25, 0.3) is 5.91 Å². The highest BCUT2D eigenvalue weighted by atomic mass is 32.2. The minimum Gasteiger partial charge on any atom is -0.322 e. The topological polar surface area (TPSA) is 49.4 Å². The number of aryl methyl sites for hydroxylation is 1. The van der Waals surface area contributed by atoms with E-state index in [2.05, 4.69) is 5.32 Å². The van der Waals surface area contributed by atoms with Crippen LogP contribution >= 0.6 is 11.8 Å². The third-order valence-electron chi connectivity index (χ3n) is 3.73. The number of urea groups is 1. The monoisotopic (exact) mass is 276 g/mol. The minimum atomic E-state index is -0.632. The Morgan fingerprint density at radius 2 is 2.05 bits per heavy atom. The zero-order valence-corrected chi connectivity index (χ0v) is 11.6. The summed E-state index contributed by atoms with van der Waals surface area (Å²) in [5.41, 5.74) is 1.52. The molecule has 3 rings (SSSR count). The Hall–Kier alpha value is -1.49. The van der Waals surface area contributed by atoms with Gasteiger partial charge in [-0.3, -0.25) is 9.69 Å². The van der Waals surface area contributed by atoms with E-state index in [-0.39, 0.29) is 11.9 Å². The molecule has 3 amide bonds. The van der Waals surface area contributed by atoms with Crippen molar-refractivity contribution >= 4 is 23.7 Å². The number of imide groups is 1. The molecule has 2 saturated heterocycles. The third kappa shape index (κ3) is 2.12. The van der Waals surface area contributed by atoms with Crippen molar-refractivity contribution in [3.05, 3.63) is 35.4 Å². The molecule has 1 aromatic carbocycles. The molecule has 4 nitrogen and oxygen atoms in total. The molecule has 1 aromatic rings. The molecule has 2 aliphatic heterocycles. The first-order valence-electron chi connectivity index (χ1n) is 6.38. The van der Waals surface area contributed by atoms with Crippen molar-refractivity contribution in [1.82, 2.24) is 10.2 Å². The van der Waals surface area contributed by atoms with E-state index in [1.807, 2.05) is 31.2 Å². The van der Waals surface area contributed by atoms with E-state index in [1.165, 1.54) is 10.5 Å². The van der Waals surface area contributed by atoms with Crippen LogP contribution in [0.4, 0.5) is 4.79 Å². The van der Waals surface area contributed by atoms with Crippen LogP contribution in [0.15, 0.2) is 24.3 Å². The molecule has 2 aliphatic rings. The highest BCUT2D eigenvalue weighted by Gasteiger charge is 2.52. The summed E-state index contributed by atoms with van der Waals surface area (Å²) in [6, 6.07) is 7.66. The van der Waals surface area contributed by atoms with Gasteiger partial charge in [0.1, 0.15) is 5.54 Å². The molecule has 0 aliphatic carbocycles. The summed E-state index contributed by atoms with van der Waals surface area (Å²) in [6.45, 7) is 2.37. The Balaban J connectivity index is 1.79. The number of rotatable bonds is 2. The van der Waals surface area contributed by atoms with Crippen LogP contribution in [0.5, 0.6) is 0 Å². The fraction of sp³-hybridized carbons (Fsp3) is 0.429. The molecule has 1 N–H and O–H groups in total. The maximum absolute atomic E-state index is 12.4. The Morgan fingerprint density at radius 1 is 1.32 bits per heavy atom. The van der Waals surface area contributed by atoms with E-state index in [1.54, 1.807) is 11.8 Å². The molecule has 1 atom stereocenters. The zero-order chi connectivity index (χ0) is 13.5. The molecule has 0 radical (unpaired) electrons. The normalized spacial score (nSPS) is 26.3. The van der Waals surface area contributed by atoms with Gasteiger partial charge in [-0.2, -0.15) is 11.8 Å². The number of hydrogen-bond acceptors (Lipinski definition) is 3. The highest BCUT2D eigenvalue weighted by molar-refractivity contribution is 7.99. The molecular formula is C14H16N2O2S. The van der Waals surface area contributed by atoms with Gasteiger partial charge in [-0.25, -0.2) is 4.79 Å². The van der Waals surface area contributed by atoms with Gasteiger partial charge >= 0.3 is 6.03 Å². The Kier molecular flexibility index (Phi) is 3.01. The summed E-state index contributed by atoms with van der Waals surface area (Å²) in [4.78, 5) is 25.8. The van der Waals surface area contributed by atoms with Crippen LogP contribution in [0.25, 0.3) is 0 Å². The Morgan fingerprint density at radius 3 is 2.68 bits per heavy atom. The van der Waals surface area contributed by atoms with Crippen molar-refractivity contribution in [2.24, 2.45) is 0 Å². The molecule has 1 spiro atoms. The van der Waals surface area contributed by atoms with E-state index in [4.69, 9.17) is 0 Å². The van der Waals surface area contributed by atoms with Gasteiger partial charge in [0, 0.05) is 5.75 Å². The molecule has 0 bridgehead atoms. The third-order valence-corrected chi connectivity index (χ3v) is 4.92. The van der Waals surface area contributed by atoms with E-state index >= 15 is 0 Å². The van der Waals surface area contributed by atoms with Gasteiger partial charge in [-0.1, -0.05) is 29.8 Å². The van der Waals surface area contributed by atoms with Crippen molar-refractivity contribution in [3.63, 3.8) is 0 Å². The molecule has 100 valence electrons. The smallest absolute Gasteiger partial charge is 0.322 e. The van der Waals surface area contributed by atoms with Crippen LogP contribution in [0.2, 0.25) is 0 Å². The number of amides is 3. The summed E-state index contributed by atoms with van der Waals surface area (Å²) < 4.78 is 0. The van der Waals surface area contributed by atoms with Crippen LogP contribution in [-0.2, 0) is 11.3 Å². The quantitative estimate of drug-likeness (QED) is 0.840. The number of carbonyl (C=O) groups excluding carboxylic acids is 2. The van der Waals surface area contributed by atoms with Crippen LogP contribution in [0.1, 0.15) is 17.5 Å². The molecule has 0 saturated carbocycles. The van der Waals surface area contributed by atoms with Gasteiger partial charge in [-0.05, 0) is 24.7 Å².